The Bertz CT molecular complexity index is 476. The smallest absolute Gasteiger partial charge is 0.391 e. The van der Waals surface area contributed by atoms with Gasteiger partial charge in [0.15, 0.2) is 0 Å². The predicted molar refractivity (Wildman–Crippen MR) is 74.3 cm³/mol. The topological polar surface area (TPSA) is 41.5 Å². The number of aliphatic hydroxyl groups is 1. The molecule has 118 valence electrons. The summed E-state index contributed by atoms with van der Waals surface area (Å²) in [5, 5.41) is 12.4. The molecule has 0 amide bonds. The molecule has 0 radical (unpaired) electrons. The summed E-state index contributed by atoms with van der Waals surface area (Å²) < 4.78 is 43.5. The van der Waals surface area contributed by atoms with E-state index in [1.165, 1.54) is 7.11 Å². The molecule has 21 heavy (non-hydrogen) atoms. The van der Waals surface area contributed by atoms with Crippen LogP contribution in [0.4, 0.5) is 18.9 Å². The normalized spacial score (nSPS) is 22.9. The fourth-order valence-corrected chi connectivity index (χ4v) is 2.85. The largest absolute Gasteiger partial charge is 0.496 e. The minimum absolute atomic E-state index is 0.101. The monoisotopic (exact) mass is 303 g/mol. The quantitative estimate of drug-likeness (QED) is 0.890. The number of halogens is 3. The van der Waals surface area contributed by atoms with Gasteiger partial charge < -0.3 is 15.2 Å². The highest BCUT2D eigenvalue weighted by Gasteiger charge is 2.42. The molecule has 0 aromatic heterocycles. The molecule has 1 aromatic rings. The van der Waals surface area contributed by atoms with E-state index in [-0.39, 0.29) is 25.5 Å². The SMILES string of the molecule is COc1ccc(N[C@H]2CCC[C@H](C(F)(F)F)C2)cc1CO. The summed E-state index contributed by atoms with van der Waals surface area (Å²) in [4.78, 5) is 0. The van der Waals surface area contributed by atoms with Gasteiger partial charge in [-0.3, -0.25) is 0 Å². The highest BCUT2D eigenvalue weighted by Crippen LogP contribution is 2.38. The third-order valence-corrected chi connectivity index (χ3v) is 3.96. The van der Waals surface area contributed by atoms with E-state index >= 15 is 0 Å². The molecule has 6 heteroatoms. The van der Waals surface area contributed by atoms with Gasteiger partial charge in [-0.1, -0.05) is 6.42 Å². The van der Waals surface area contributed by atoms with E-state index in [0.29, 0.717) is 23.4 Å². The maximum Gasteiger partial charge on any atom is 0.391 e. The van der Waals surface area contributed by atoms with Crippen LogP contribution in [0.2, 0.25) is 0 Å². The molecule has 3 nitrogen and oxygen atoms in total. The minimum Gasteiger partial charge on any atom is -0.496 e. The van der Waals surface area contributed by atoms with Gasteiger partial charge in [0.2, 0.25) is 0 Å². The third-order valence-electron chi connectivity index (χ3n) is 3.96. The number of hydrogen-bond donors (Lipinski definition) is 2. The van der Waals surface area contributed by atoms with Crippen LogP contribution in [0.1, 0.15) is 31.2 Å². The highest BCUT2D eigenvalue weighted by molar-refractivity contribution is 5.51. The number of benzene rings is 1. The number of anilines is 1. The molecule has 0 saturated heterocycles. The molecule has 1 saturated carbocycles. The van der Waals surface area contributed by atoms with Gasteiger partial charge in [0.25, 0.3) is 0 Å². The average Bonchev–Trinajstić information content (AvgIpc) is 2.46. The summed E-state index contributed by atoms with van der Waals surface area (Å²) >= 11 is 0. The molecular weight excluding hydrogens is 283 g/mol. The van der Waals surface area contributed by atoms with Crippen molar-refractivity contribution in [1.29, 1.82) is 0 Å². The van der Waals surface area contributed by atoms with Crippen molar-refractivity contribution in [1.82, 2.24) is 0 Å². The zero-order chi connectivity index (χ0) is 15.5. The number of nitrogens with one attached hydrogen (secondary N) is 1. The Morgan fingerprint density at radius 2 is 2.10 bits per heavy atom. The van der Waals surface area contributed by atoms with E-state index in [2.05, 4.69) is 5.32 Å². The molecule has 1 aliphatic carbocycles. The third kappa shape index (κ3) is 4.03. The lowest BCUT2D eigenvalue weighted by Crippen LogP contribution is -2.34. The molecule has 1 aromatic carbocycles. The maximum absolute atomic E-state index is 12.8. The second-order valence-corrected chi connectivity index (χ2v) is 5.43. The second-order valence-electron chi connectivity index (χ2n) is 5.43. The Balaban J connectivity index is 2.04. The van der Waals surface area contributed by atoms with Crippen molar-refractivity contribution in [3.05, 3.63) is 23.8 Å². The van der Waals surface area contributed by atoms with Crippen LogP contribution in [0.15, 0.2) is 18.2 Å². The van der Waals surface area contributed by atoms with Crippen molar-refractivity contribution in [2.75, 3.05) is 12.4 Å². The van der Waals surface area contributed by atoms with Gasteiger partial charge in [0.05, 0.1) is 19.6 Å². The molecular formula is C15H20F3NO2. The lowest BCUT2D eigenvalue weighted by molar-refractivity contribution is -0.182. The Morgan fingerprint density at radius 1 is 1.33 bits per heavy atom. The first-order chi connectivity index (χ1) is 9.94. The van der Waals surface area contributed by atoms with Gasteiger partial charge in [-0.05, 0) is 37.5 Å². The zero-order valence-electron chi connectivity index (χ0n) is 11.9. The summed E-state index contributed by atoms with van der Waals surface area (Å²) in [6, 6.07) is 4.99. The Hall–Kier alpha value is -1.43. The maximum atomic E-state index is 12.8. The molecule has 0 heterocycles. The van der Waals surface area contributed by atoms with Crippen LogP contribution in [0.25, 0.3) is 0 Å². The lowest BCUT2D eigenvalue weighted by atomic mass is 9.85. The van der Waals surface area contributed by atoms with Crippen LogP contribution in [0.5, 0.6) is 5.75 Å². The van der Waals surface area contributed by atoms with Crippen LogP contribution in [-0.2, 0) is 6.61 Å². The first kappa shape index (κ1) is 15.9. The number of methoxy groups -OCH3 is 1. The Labute approximate surface area is 122 Å². The molecule has 0 unspecified atom stereocenters. The Kier molecular flexibility index (Phi) is 4.98. The van der Waals surface area contributed by atoms with Gasteiger partial charge in [-0.15, -0.1) is 0 Å². The van der Waals surface area contributed by atoms with Crippen molar-refractivity contribution in [3.63, 3.8) is 0 Å². The van der Waals surface area contributed by atoms with Gasteiger partial charge in [-0.2, -0.15) is 13.2 Å². The summed E-state index contributed by atoms with van der Waals surface area (Å²) in [5.74, 6) is -0.654. The molecule has 0 spiro atoms. The molecule has 1 aliphatic rings. The molecule has 0 bridgehead atoms. The summed E-state index contributed by atoms with van der Waals surface area (Å²) in [5.41, 5.74) is 1.33. The van der Waals surface area contributed by atoms with Crippen LogP contribution in [0.3, 0.4) is 0 Å². The Morgan fingerprint density at radius 3 is 2.71 bits per heavy atom. The van der Waals surface area contributed by atoms with Crippen molar-refractivity contribution in [3.8, 4) is 5.75 Å². The van der Waals surface area contributed by atoms with Crippen molar-refractivity contribution in [2.45, 2.75) is 44.5 Å². The summed E-state index contributed by atoms with van der Waals surface area (Å²) in [6.45, 7) is -0.172. The van der Waals surface area contributed by atoms with E-state index < -0.39 is 12.1 Å². The van der Waals surface area contributed by atoms with Crippen LogP contribution in [0, 0.1) is 5.92 Å². The van der Waals surface area contributed by atoms with Crippen LogP contribution >= 0.6 is 0 Å². The van der Waals surface area contributed by atoms with Gasteiger partial charge in [0.1, 0.15) is 5.75 Å². The van der Waals surface area contributed by atoms with E-state index in [1.807, 2.05) is 0 Å². The number of aliphatic hydroxyl groups excluding tert-OH is 1. The average molecular weight is 303 g/mol. The number of ether oxygens (including phenoxy) is 1. The lowest BCUT2D eigenvalue weighted by Gasteiger charge is -2.31. The highest BCUT2D eigenvalue weighted by atomic mass is 19.4. The summed E-state index contributed by atoms with van der Waals surface area (Å²) in [7, 11) is 1.51. The predicted octanol–water partition coefficient (Wildman–Crippen LogP) is 3.72. The first-order valence-electron chi connectivity index (χ1n) is 7.05. The fraction of sp³-hybridized carbons (Fsp3) is 0.600. The van der Waals surface area contributed by atoms with E-state index in [1.54, 1.807) is 18.2 Å². The zero-order valence-corrected chi connectivity index (χ0v) is 11.9. The molecule has 2 N–H and O–H groups in total. The van der Waals surface area contributed by atoms with E-state index in [9.17, 15) is 18.3 Å². The van der Waals surface area contributed by atoms with Crippen molar-refractivity contribution < 1.29 is 23.0 Å². The van der Waals surface area contributed by atoms with Gasteiger partial charge in [0, 0.05) is 17.3 Å². The van der Waals surface area contributed by atoms with Gasteiger partial charge >= 0.3 is 6.18 Å². The van der Waals surface area contributed by atoms with Crippen molar-refractivity contribution >= 4 is 5.69 Å². The molecule has 2 rings (SSSR count). The van der Waals surface area contributed by atoms with E-state index in [4.69, 9.17) is 4.74 Å². The molecule has 2 atom stereocenters. The van der Waals surface area contributed by atoms with Crippen LogP contribution < -0.4 is 10.1 Å². The van der Waals surface area contributed by atoms with Crippen molar-refractivity contribution in [2.24, 2.45) is 5.92 Å². The summed E-state index contributed by atoms with van der Waals surface area (Å²) in [6.07, 6.45) is -2.50. The standard InChI is InChI=1S/C15H20F3NO2/c1-21-14-6-5-13(7-10(14)9-20)19-12-4-2-3-11(8-12)15(16,17)18/h5-7,11-12,19-20H,2-4,8-9H2,1H3/t11-,12-/m0/s1. The van der Waals surface area contributed by atoms with E-state index in [0.717, 1.165) is 6.42 Å². The number of alkyl halides is 3. The molecule has 1 fully saturated rings. The minimum atomic E-state index is -4.11. The number of rotatable bonds is 4. The van der Waals surface area contributed by atoms with Gasteiger partial charge in [-0.25, -0.2) is 0 Å². The first-order valence-corrected chi connectivity index (χ1v) is 7.05. The second kappa shape index (κ2) is 6.56. The van der Waals surface area contributed by atoms with Crippen LogP contribution in [-0.4, -0.2) is 24.4 Å². The molecule has 0 aliphatic heterocycles. The fourth-order valence-electron chi connectivity index (χ4n) is 2.85. The number of hydrogen-bond acceptors (Lipinski definition) is 3.